The quantitative estimate of drug-likeness (QED) is 0.530. The van der Waals surface area contributed by atoms with E-state index in [1.807, 2.05) is 42.5 Å². The maximum atomic E-state index is 12.3. The lowest BCUT2D eigenvalue weighted by Crippen LogP contribution is -2.09. The molecule has 0 fully saturated rings. The van der Waals surface area contributed by atoms with E-state index in [-0.39, 0.29) is 11.4 Å². The minimum Gasteiger partial charge on any atom is -0.339 e. The Hall–Kier alpha value is -2.44. The van der Waals surface area contributed by atoms with Crippen molar-refractivity contribution in [2.45, 2.75) is 6.42 Å². The van der Waals surface area contributed by atoms with Crippen molar-refractivity contribution in [1.29, 1.82) is 0 Å². The van der Waals surface area contributed by atoms with Gasteiger partial charge in [0.2, 0.25) is 11.7 Å². The van der Waals surface area contributed by atoms with Gasteiger partial charge in [-0.1, -0.05) is 57.0 Å². The Bertz CT molecular complexity index is 1140. The first-order valence-electron chi connectivity index (χ1n) is 7.49. The summed E-state index contributed by atoms with van der Waals surface area (Å²) in [6.45, 7) is 0. The van der Waals surface area contributed by atoms with Gasteiger partial charge in [0.15, 0.2) is 0 Å². The molecular formula is C18H11BrClN3O2. The van der Waals surface area contributed by atoms with E-state index in [0.29, 0.717) is 22.9 Å². The first kappa shape index (κ1) is 16.1. The number of aromatic amines is 1. The second kappa shape index (κ2) is 6.46. The van der Waals surface area contributed by atoms with Crippen LogP contribution in [0.15, 0.2) is 62.3 Å². The van der Waals surface area contributed by atoms with Crippen LogP contribution in [0.25, 0.3) is 22.3 Å². The van der Waals surface area contributed by atoms with Crippen LogP contribution in [0.5, 0.6) is 0 Å². The number of rotatable bonds is 3. The van der Waals surface area contributed by atoms with E-state index in [9.17, 15) is 4.79 Å². The van der Waals surface area contributed by atoms with Crippen molar-refractivity contribution in [3.05, 3.63) is 79.8 Å². The smallest absolute Gasteiger partial charge is 0.259 e. The standard InChI is InChI=1S/C18H11BrClN3O2/c19-12-6-5-10(14(20)9-12)8-16-22-17(23-25-16)13-7-11-3-1-2-4-15(11)21-18(13)24/h1-7,9H,8H2,(H,21,24). The Morgan fingerprint density at radius 2 is 2.00 bits per heavy atom. The van der Waals surface area contributed by atoms with Crippen LogP contribution in [0.4, 0.5) is 0 Å². The number of nitrogens with zero attached hydrogens (tertiary/aromatic N) is 2. The van der Waals surface area contributed by atoms with Crippen molar-refractivity contribution < 1.29 is 4.52 Å². The normalized spacial score (nSPS) is 11.1. The molecule has 1 N–H and O–H groups in total. The lowest BCUT2D eigenvalue weighted by molar-refractivity contribution is 0.385. The highest BCUT2D eigenvalue weighted by Gasteiger charge is 2.14. The fraction of sp³-hybridized carbons (Fsp3) is 0.0556. The first-order chi connectivity index (χ1) is 12.1. The summed E-state index contributed by atoms with van der Waals surface area (Å²) in [5.41, 5.74) is 1.75. The molecular weight excluding hydrogens is 406 g/mol. The summed E-state index contributed by atoms with van der Waals surface area (Å²) in [6, 6.07) is 14.9. The summed E-state index contributed by atoms with van der Waals surface area (Å²) in [6.07, 6.45) is 0.393. The number of halogens is 2. The number of fused-ring (bicyclic) bond motifs is 1. The number of benzene rings is 2. The molecule has 0 bridgehead atoms. The van der Waals surface area contributed by atoms with E-state index >= 15 is 0 Å². The number of aromatic nitrogens is 3. The molecule has 0 atom stereocenters. The molecule has 0 aliphatic rings. The molecule has 2 heterocycles. The van der Waals surface area contributed by atoms with Gasteiger partial charge >= 0.3 is 0 Å². The van der Waals surface area contributed by atoms with Gasteiger partial charge in [-0.15, -0.1) is 0 Å². The third-order valence-electron chi connectivity index (χ3n) is 3.82. The third-order valence-corrected chi connectivity index (χ3v) is 4.66. The summed E-state index contributed by atoms with van der Waals surface area (Å²) >= 11 is 9.59. The molecule has 4 aromatic rings. The molecule has 0 spiro atoms. The van der Waals surface area contributed by atoms with Crippen LogP contribution in [0, 0.1) is 0 Å². The van der Waals surface area contributed by atoms with Crippen LogP contribution >= 0.6 is 27.5 Å². The molecule has 0 unspecified atom stereocenters. The van der Waals surface area contributed by atoms with E-state index in [4.69, 9.17) is 16.1 Å². The maximum Gasteiger partial charge on any atom is 0.259 e. The maximum absolute atomic E-state index is 12.3. The fourth-order valence-electron chi connectivity index (χ4n) is 2.58. The fourth-order valence-corrected chi connectivity index (χ4v) is 3.32. The number of para-hydroxylation sites is 1. The van der Waals surface area contributed by atoms with Gasteiger partial charge in [0.25, 0.3) is 5.56 Å². The summed E-state index contributed by atoms with van der Waals surface area (Å²) in [7, 11) is 0. The third kappa shape index (κ3) is 3.23. The van der Waals surface area contributed by atoms with Crippen LogP contribution in [0.3, 0.4) is 0 Å². The molecule has 0 aliphatic carbocycles. The lowest BCUT2D eigenvalue weighted by atomic mass is 10.1. The molecule has 0 radical (unpaired) electrons. The molecule has 2 aromatic heterocycles. The van der Waals surface area contributed by atoms with Crippen molar-refractivity contribution in [2.75, 3.05) is 0 Å². The van der Waals surface area contributed by atoms with E-state index < -0.39 is 0 Å². The van der Waals surface area contributed by atoms with E-state index in [0.717, 1.165) is 20.9 Å². The molecule has 4 rings (SSSR count). The Morgan fingerprint density at radius 3 is 2.84 bits per heavy atom. The van der Waals surface area contributed by atoms with Gasteiger partial charge in [0.05, 0.1) is 12.0 Å². The average molecular weight is 417 g/mol. The Kier molecular flexibility index (Phi) is 4.15. The Labute approximate surface area is 155 Å². The molecule has 2 aromatic carbocycles. The molecule has 124 valence electrons. The van der Waals surface area contributed by atoms with Crippen LogP contribution in [-0.2, 0) is 6.42 Å². The molecule has 25 heavy (non-hydrogen) atoms. The number of hydrogen-bond acceptors (Lipinski definition) is 4. The molecule has 0 aliphatic heterocycles. The van der Waals surface area contributed by atoms with Gasteiger partial charge in [0, 0.05) is 15.0 Å². The molecule has 0 saturated heterocycles. The average Bonchev–Trinajstić information content (AvgIpc) is 3.05. The number of H-pyrrole nitrogens is 1. The SMILES string of the molecule is O=c1[nH]c2ccccc2cc1-c1noc(Cc2ccc(Br)cc2Cl)n1. The second-order valence-corrected chi connectivity index (χ2v) is 6.85. The number of hydrogen-bond donors (Lipinski definition) is 1. The highest BCUT2D eigenvalue weighted by Crippen LogP contribution is 2.24. The van der Waals surface area contributed by atoms with E-state index in [1.54, 1.807) is 6.07 Å². The lowest BCUT2D eigenvalue weighted by Gasteiger charge is -2.01. The zero-order valence-electron chi connectivity index (χ0n) is 12.8. The highest BCUT2D eigenvalue weighted by molar-refractivity contribution is 9.10. The van der Waals surface area contributed by atoms with Crippen LogP contribution in [0.1, 0.15) is 11.5 Å². The first-order valence-corrected chi connectivity index (χ1v) is 8.66. The van der Waals surface area contributed by atoms with Gasteiger partial charge < -0.3 is 9.51 Å². The Morgan fingerprint density at radius 1 is 1.16 bits per heavy atom. The molecule has 7 heteroatoms. The number of nitrogens with one attached hydrogen (secondary N) is 1. The summed E-state index contributed by atoms with van der Waals surface area (Å²) in [4.78, 5) is 19.5. The van der Waals surface area contributed by atoms with Crippen LogP contribution in [-0.4, -0.2) is 15.1 Å². The Balaban J connectivity index is 1.69. The monoisotopic (exact) mass is 415 g/mol. The van der Waals surface area contributed by atoms with Crippen molar-refractivity contribution in [3.63, 3.8) is 0 Å². The molecule has 0 saturated carbocycles. The van der Waals surface area contributed by atoms with Gasteiger partial charge in [-0.25, -0.2) is 0 Å². The minimum atomic E-state index is -0.257. The highest BCUT2D eigenvalue weighted by atomic mass is 79.9. The predicted molar refractivity (Wildman–Crippen MR) is 99.8 cm³/mol. The van der Waals surface area contributed by atoms with Gasteiger partial charge in [-0.05, 0) is 35.2 Å². The molecule has 0 amide bonds. The predicted octanol–water partition coefficient (Wildman–Crippen LogP) is 4.58. The topological polar surface area (TPSA) is 71.8 Å². The van der Waals surface area contributed by atoms with Gasteiger partial charge in [-0.3, -0.25) is 4.79 Å². The van der Waals surface area contributed by atoms with Crippen molar-refractivity contribution in [1.82, 2.24) is 15.1 Å². The summed E-state index contributed by atoms with van der Waals surface area (Å²) < 4.78 is 6.19. The van der Waals surface area contributed by atoms with Crippen LogP contribution in [0.2, 0.25) is 5.02 Å². The van der Waals surface area contributed by atoms with Crippen molar-refractivity contribution >= 4 is 38.4 Å². The summed E-state index contributed by atoms with van der Waals surface area (Å²) in [5.74, 6) is 0.655. The summed E-state index contributed by atoms with van der Waals surface area (Å²) in [5, 5.41) is 5.45. The van der Waals surface area contributed by atoms with Gasteiger partial charge in [-0.2, -0.15) is 4.98 Å². The molecule has 5 nitrogen and oxygen atoms in total. The van der Waals surface area contributed by atoms with Crippen LogP contribution < -0.4 is 5.56 Å². The zero-order chi connectivity index (χ0) is 17.4. The van der Waals surface area contributed by atoms with Crippen molar-refractivity contribution in [3.8, 4) is 11.4 Å². The van der Waals surface area contributed by atoms with Crippen molar-refractivity contribution in [2.24, 2.45) is 0 Å². The largest absolute Gasteiger partial charge is 0.339 e. The second-order valence-electron chi connectivity index (χ2n) is 5.52. The van der Waals surface area contributed by atoms with Gasteiger partial charge in [0.1, 0.15) is 0 Å². The van der Waals surface area contributed by atoms with E-state index in [1.165, 1.54) is 0 Å². The zero-order valence-corrected chi connectivity index (χ0v) is 15.1. The number of pyridine rings is 1. The minimum absolute atomic E-state index is 0.257. The van der Waals surface area contributed by atoms with E-state index in [2.05, 4.69) is 31.1 Å².